The summed E-state index contributed by atoms with van der Waals surface area (Å²) in [5, 5.41) is 3.22. The molecule has 2 amide bonds. The Morgan fingerprint density at radius 1 is 1.00 bits per heavy atom. The van der Waals surface area contributed by atoms with Crippen molar-refractivity contribution in [3.63, 3.8) is 0 Å². The van der Waals surface area contributed by atoms with Gasteiger partial charge in [-0.3, -0.25) is 9.59 Å². The number of nitrogens with zero attached hydrogens (tertiary/aromatic N) is 1. The zero-order valence-corrected chi connectivity index (χ0v) is 15.8. The first kappa shape index (κ1) is 17.6. The highest BCUT2D eigenvalue weighted by Crippen LogP contribution is 2.46. The Kier molecular flexibility index (Phi) is 4.54. The molecule has 1 saturated heterocycles. The molecule has 0 radical (unpaired) electrons. The number of carbonyl (C=O) groups is 2. The van der Waals surface area contributed by atoms with Gasteiger partial charge < -0.3 is 10.2 Å². The summed E-state index contributed by atoms with van der Waals surface area (Å²) in [5.74, 6) is 0.210. The van der Waals surface area contributed by atoms with Crippen LogP contribution in [-0.4, -0.2) is 34.8 Å². The molecule has 1 heterocycles. The molecule has 0 aromatic heterocycles. The van der Waals surface area contributed by atoms with Gasteiger partial charge in [0.05, 0.1) is 5.41 Å². The van der Waals surface area contributed by atoms with Crippen LogP contribution in [0.1, 0.15) is 70.3 Å². The average Bonchev–Trinajstić information content (AvgIpc) is 3.33. The zero-order valence-electron chi connectivity index (χ0n) is 15.8. The van der Waals surface area contributed by atoms with E-state index in [2.05, 4.69) is 17.4 Å². The number of nitrogens with one attached hydrogen (secondary N) is 1. The van der Waals surface area contributed by atoms with Gasteiger partial charge in [-0.15, -0.1) is 0 Å². The number of benzene rings is 1. The predicted octanol–water partition coefficient (Wildman–Crippen LogP) is 3.55. The van der Waals surface area contributed by atoms with Gasteiger partial charge in [0.1, 0.15) is 5.54 Å². The molecule has 0 spiro atoms. The van der Waals surface area contributed by atoms with Gasteiger partial charge in [-0.25, -0.2) is 0 Å². The Morgan fingerprint density at radius 3 is 2.23 bits per heavy atom. The summed E-state index contributed by atoms with van der Waals surface area (Å²) in [7, 11) is 0. The minimum Gasteiger partial charge on any atom is -0.351 e. The quantitative estimate of drug-likeness (QED) is 0.899. The molecule has 2 aliphatic carbocycles. The van der Waals surface area contributed by atoms with Crippen molar-refractivity contribution in [2.45, 2.75) is 81.7 Å². The molecule has 0 bridgehead atoms. The maximum Gasteiger partial charge on any atom is 0.245 e. The Morgan fingerprint density at radius 2 is 1.65 bits per heavy atom. The van der Waals surface area contributed by atoms with E-state index in [4.69, 9.17) is 0 Å². The molecule has 1 unspecified atom stereocenters. The Bertz CT molecular complexity index is 675. The van der Waals surface area contributed by atoms with Gasteiger partial charge in [-0.05, 0) is 44.6 Å². The molecule has 3 aliphatic rings. The molecular formula is C22H30N2O2. The molecule has 4 heteroatoms. The van der Waals surface area contributed by atoms with Crippen molar-refractivity contribution in [1.82, 2.24) is 10.2 Å². The number of amides is 2. The summed E-state index contributed by atoms with van der Waals surface area (Å²) in [6.07, 6.45) is 9.26. The highest BCUT2D eigenvalue weighted by atomic mass is 16.2. The van der Waals surface area contributed by atoms with E-state index >= 15 is 0 Å². The van der Waals surface area contributed by atoms with Crippen LogP contribution in [0.25, 0.3) is 0 Å². The van der Waals surface area contributed by atoms with E-state index in [0.717, 1.165) is 50.5 Å². The summed E-state index contributed by atoms with van der Waals surface area (Å²) in [6, 6.07) is 10.5. The topological polar surface area (TPSA) is 49.4 Å². The Hall–Kier alpha value is -1.84. The van der Waals surface area contributed by atoms with Crippen molar-refractivity contribution in [3.8, 4) is 0 Å². The molecule has 1 aromatic carbocycles. The fourth-order valence-corrected chi connectivity index (χ4v) is 5.15. The standard InChI is InChI=1S/C22H30N2O2/c1-21(19(25)23-18-11-5-6-12-18)15-16-24(21)20(26)22(13-7-8-14-22)17-9-3-2-4-10-17/h2-4,9-10,18H,5-8,11-16H2,1H3,(H,23,25). The summed E-state index contributed by atoms with van der Waals surface area (Å²) in [5.41, 5.74) is 0.00798. The fraction of sp³-hybridized carbons (Fsp3) is 0.636. The summed E-state index contributed by atoms with van der Waals surface area (Å²) in [4.78, 5) is 28.5. The van der Waals surface area contributed by atoms with Gasteiger partial charge >= 0.3 is 0 Å². The lowest BCUT2D eigenvalue weighted by Gasteiger charge is -2.52. The second kappa shape index (κ2) is 6.71. The highest BCUT2D eigenvalue weighted by molar-refractivity contribution is 5.97. The van der Waals surface area contributed by atoms with Crippen LogP contribution < -0.4 is 5.32 Å². The van der Waals surface area contributed by atoms with E-state index in [9.17, 15) is 9.59 Å². The first-order valence-corrected chi connectivity index (χ1v) is 10.2. The van der Waals surface area contributed by atoms with Gasteiger partial charge in [-0.1, -0.05) is 56.0 Å². The van der Waals surface area contributed by atoms with Crippen molar-refractivity contribution in [2.24, 2.45) is 0 Å². The van der Waals surface area contributed by atoms with E-state index in [0.29, 0.717) is 12.6 Å². The van der Waals surface area contributed by atoms with Crippen LogP contribution in [0.5, 0.6) is 0 Å². The summed E-state index contributed by atoms with van der Waals surface area (Å²) >= 11 is 0. The van der Waals surface area contributed by atoms with Crippen molar-refractivity contribution in [1.29, 1.82) is 0 Å². The Labute approximate surface area is 156 Å². The minimum absolute atomic E-state index is 0.0465. The zero-order chi connectivity index (χ0) is 18.2. The van der Waals surface area contributed by atoms with Crippen LogP contribution in [0.2, 0.25) is 0 Å². The molecule has 140 valence electrons. The van der Waals surface area contributed by atoms with E-state index in [1.807, 2.05) is 30.0 Å². The number of hydrogen-bond acceptors (Lipinski definition) is 2. The van der Waals surface area contributed by atoms with Gasteiger partial charge in [0.2, 0.25) is 11.8 Å². The minimum atomic E-state index is -0.677. The van der Waals surface area contributed by atoms with Crippen LogP contribution >= 0.6 is 0 Å². The maximum absolute atomic E-state index is 13.7. The third-order valence-electron chi connectivity index (χ3n) is 7.04. The van der Waals surface area contributed by atoms with Gasteiger partial charge in [0.25, 0.3) is 0 Å². The van der Waals surface area contributed by atoms with Crippen LogP contribution in [0, 0.1) is 0 Å². The summed E-state index contributed by atoms with van der Waals surface area (Å²) in [6.45, 7) is 2.65. The smallest absolute Gasteiger partial charge is 0.245 e. The third-order valence-corrected chi connectivity index (χ3v) is 7.04. The first-order chi connectivity index (χ1) is 12.6. The van der Waals surface area contributed by atoms with Crippen molar-refractivity contribution in [3.05, 3.63) is 35.9 Å². The fourth-order valence-electron chi connectivity index (χ4n) is 5.15. The highest BCUT2D eigenvalue weighted by Gasteiger charge is 2.55. The lowest BCUT2D eigenvalue weighted by Crippen LogP contribution is -2.70. The molecule has 1 aliphatic heterocycles. The van der Waals surface area contributed by atoms with Crippen molar-refractivity contribution >= 4 is 11.8 Å². The largest absolute Gasteiger partial charge is 0.351 e. The molecule has 1 atom stereocenters. The lowest BCUT2D eigenvalue weighted by atomic mass is 9.74. The van der Waals surface area contributed by atoms with Crippen LogP contribution in [0.3, 0.4) is 0 Å². The second-order valence-corrected chi connectivity index (χ2v) is 8.59. The van der Waals surface area contributed by atoms with Crippen LogP contribution in [0.15, 0.2) is 30.3 Å². The normalized spacial score (nSPS) is 28.0. The van der Waals surface area contributed by atoms with Crippen LogP contribution in [0.4, 0.5) is 0 Å². The van der Waals surface area contributed by atoms with Gasteiger partial charge in [0, 0.05) is 12.6 Å². The average molecular weight is 354 g/mol. The number of hydrogen-bond donors (Lipinski definition) is 1. The van der Waals surface area contributed by atoms with Crippen molar-refractivity contribution in [2.75, 3.05) is 6.54 Å². The second-order valence-electron chi connectivity index (χ2n) is 8.59. The monoisotopic (exact) mass is 354 g/mol. The third kappa shape index (κ3) is 2.74. The molecular weight excluding hydrogens is 324 g/mol. The number of likely N-dealkylation sites (tertiary alicyclic amines) is 1. The van der Waals surface area contributed by atoms with Crippen LogP contribution in [-0.2, 0) is 15.0 Å². The number of rotatable bonds is 4. The molecule has 26 heavy (non-hydrogen) atoms. The van der Waals surface area contributed by atoms with Gasteiger partial charge in [-0.2, -0.15) is 0 Å². The SMILES string of the molecule is CC1(C(=O)NC2CCCC2)CCN1C(=O)C1(c2ccccc2)CCCC1. The first-order valence-electron chi connectivity index (χ1n) is 10.2. The van der Waals surface area contributed by atoms with E-state index in [1.54, 1.807) is 0 Å². The van der Waals surface area contributed by atoms with E-state index in [1.165, 1.54) is 12.8 Å². The maximum atomic E-state index is 13.7. The predicted molar refractivity (Wildman–Crippen MR) is 102 cm³/mol. The lowest BCUT2D eigenvalue weighted by molar-refractivity contribution is -0.162. The summed E-state index contributed by atoms with van der Waals surface area (Å²) < 4.78 is 0. The van der Waals surface area contributed by atoms with Gasteiger partial charge in [0.15, 0.2) is 0 Å². The molecule has 4 rings (SSSR count). The molecule has 1 N–H and O–H groups in total. The number of carbonyl (C=O) groups excluding carboxylic acids is 2. The Balaban J connectivity index is 1.55. The van der Waals surface area contributed by atoms with Crippen molar-refractivity contribution < 1.29 is 9.59 Å². The molecule has 2 saturated carbocycles. The molecule has 3 fully saturated rings. The molecule has 1 aromatic rings. The van der Waals surface area contributed by atoms with E-state index < -0.39 is 11.0 Å². The molecule has 4 nitrogen and oxygen atoms in total. The van der Waals surface area contributed by atoms with E-state index in [-0.39, 0.29) is 11.8 Å².